The Bertz CT molecular complexity index is 519. The molecule has 0 aliphatic carbocycles. The summed E-state index contributed by atoms with van der Waals surface area (Å²) in [6.07, 6.45) is -2.21. The Balaban J connectivity index is 1.65. The molecule has 0 saturated carbocycles. The van der Waals surface area contributed by atoms with E-state index in [4.69, 9.17) is 0 Å². The molecule has 1 atom stereocenters. The van der Waals surface area contributed by atoms with E-state index in [2.05, 4.69) is 10.2 Å². The highest BCUT2D eigenvalue weighted by Gasteiger charge is 2.35. The van der Waals surface area contributed by atoms with Crippen LogP contribution in [0.4, 0.5) is 13.2 Å². The van der Waals surface area contributed by atoms with Gasteiger partial charge in [0.2, 0.25) is 0 Å². The topological polar surface area (TPSA) is 32.3 Å². The first-order valence-corrected chi connectivity index (χ1v) is 7.14. The van der Waals surface area contributed by atoms with Gasteiger partial charge in [-0.1, -0.05) is 0 Å². The number of rotatable bonds is 2. The van der Waals surface area contributed by atoms with Crippen LogP contribution in [0.5, 0.6) is 0 Å². The van der Waals surface area contributed by atoms with Gasteiger partial charge in [-0.2, -0.15) is 13.2 Å². The summed E-state index contributed by atoms with van der Waals surface area (Å²) in [5.41, 5.74) is -0.457. The first-order chi connectivity index (χ1) is 9.93. The van der Waals surface area contributed by atoms with Crippen molar-refractivity contribution in [1.29, 1.82) is 0 Å². The first kappa shape index (κ1) is 14.4. The summed E-state index contributed by atoms with van der Waals surface area (Å²) in [4.78, 5) is 14.5. The van der Waals surface area contributed by atoms with Crippen LogP contribution in [-0.4, -0.2) is 36.5 Å². The average Bonchev–Trinajstić information content (AvgIpc) is 2.48. The quantitative estimate of drug-likeness (QED) is 0.910. The maximum atomic E-state index is 12.5. The molecular weight excluding hydrogens is 281 g/mol. The van der Waals surface area contributed by atoms with Crippen molar-refractivity contribution < 1.29 is 18.0 Å². The number of nitrogens with zero attached hydrogens (tertiary/aromatic N) is 1. The number of alkyl halides is 3. The molecule has 1 amide bonds. The Hall–Kier alpha value is -1.56. The van der Waals surface area contributed by atoms with E-state index in [1.807, 2.05) is 0 Å². The zero-order valence-corrected chi connectivity index (χ0v) is 11.5. The zero-order valence-electron chi connectivity index (χ0n) is 11.5. The van der Waals surface area contributed by atoms with Crippen LogP contribution in [0.1, 0.15) is 28.8 Å². The van der Waals surface area contributed by atoms with E-state index in [0.717, 1.165) is 44.6 Å². The molecule has 2 bridgehead atoms. The van der Waals surface area contributed by atoms with Crippen LogP contribution in [0, 0.1) is 5.92 Å². The Morgan fingerprint density at radius 2 is 1.76 bits per heavy atom. The summed E-state index contributed by atoms with van der Waals surface area (Å²) < 4.78 is 37.5. The molecule has 0 unspecified atom stereocenters. The normalized spacial score (nSPS) is 28.4. The third-order valence-corrected chi connectivity index (χ3v) is 4.45. The predicted molar refractivity (Wildman–Crippen MR) is 71.9 cm³/mol. The van der Waals surface area contributed by atoms with Gasteiger partial charge in [-0.05, 0) is 56.1 Å². The molecule has 21 heavy (non-hydrogen) atoms. The van der Waals surface area contributed by atoms with Crippen molar-refractivity contribution in [2.45, 2.75) is 25.1 Å². The van der Waals surface area contributed by atoms with E-state index in [-0.39, 0.29) is 17.5 Å². The summed E-state index contributed by atoms with van der Waals surface area (Å²) in [5, 5.41) is 2.96. The molecule has 4 rings (SSSR count). The highest BCUT2D eigenvalue weighted by Crippen LogP contribution is 2.30. The van der Waals surface area contributed by atoms with Gasteiger partial charge in [-0.25, -0.2) is 0 Å². The lowest BCUT2D eigenvalue weighted by atomic mass is 9.84. The standard InChI is InChI=1S/C15H17F3N2O/c16-15(17,18)12-3-1-11(2-4-12)14(21)19-13-9-20-7-5-10(13)6-8-20/h1-4,10,13H,5-9H2,(H,19,21)/t13-/m1/s1. The van der Waals surface area contributed by atoms with Gasteiger partial charge in [0.1, 0.15) is 0 Å². The lowest BCUT2D eigenvalue weighted by molar-refractivity contribution is -0.137. The number of piperidine rings is 3. The molecule has 0 radical (unpaired) electrons. The number of carbonyl (C=O) groups excluding carboxylic acids is 1. The fourth-order valence-electron chi connectivity index (χ4n) is 3.19. The van der Waals surface area contributed by atoms with Crippen molar-refractivity contribution in [2.24, 2.45) is 5.92 Å². The molecular formula is C15H17F3N2O. The van der Waals surface area contributed by atoms with Crippen LogP contribution in [0.3, 0.4) is 0 Å². The molecule has 3 fully saturated rings. The van der Waals surface area contributed by atoms with Crippen LogP contribution in [-0.2, 0) is 6.18 Å². The zero-order chi connectivity index (χ0) is 15.0. The van der Waals surface area contributed by atoms with E-state index in [1.54, 1.807) is 0 Å². The second kappa shape index (κ2) is 5.33. The van der Waals surface area contributed by atoms with Gasteiger partial charge in [0, 0.05) is 18.2 Å². The molecule has 1 aromatic carbocycles. The monoisotopic (exact) mass is 298 g/mol. The molecule has 114 valence electrons. The number of fused-ring (bicyclic) bond motifs is 3. The SMILES string of the molecule is O=C(N[C@@H]1CN2CCC1CC2)c1ccc(C(F)(F)F)cc1. The fraction of sp³-hybridized carbons (Fsp3) is 0.533. The highest BCUT2D eigenvalue weighted by atomic mass is 19.4. The number of nitrogens with one attached hydrogen (secondary N) is 1. The van der Waals surface area contributed by atoms with E-state index >= 15 is 0 Å². The van der Waals surface area contributed by atoms with E-state index in [0.29, 0.717) is 5.92 Å². The Morgan fingerprint density at radius 3 is 2.24 bits per heavy atom. The van der Waals surface area contributed by atoms with Crippen LogP contribution in [0.15, 0.2) is 24.3 Å². The van der Waals surface area contributed by atoms with Gasteiger partial charge in [0.25, 0.3) is 5.91 Å². The van der Waals surface area contributed by atoms with E-state index in [1.165, 1.54) is 12.1 Å². The minimum atomic E-state index is -4.37. The van der Waals surface area contributed by atoms with Gasteiger partial charge < -0.3 is 10.2 Å². The number of halogens is 3. The third-order valence-electron chi connectivity index (χ3n) is 4.45. The van der Waals surface area contributed by atoms with Crippen LogP contribution in [0.2, 0.25) is 0 Å². The molecule has 0 aromatic heterocycles. The van der Waals surface area contributed by atoms with Crippen molar-refractivity contribution in [3.63, 3.8) is 0 Å². The van der Waals surface area contributed by atoms with E-state index < -0.39 is 11.7 Å². The fourth-order valence-corrected chi connectivity index (χ4v) is 3.19. The lowest BCUT2D eigenvalue weighted by Gasteiger charge is -2.44. The van der Waals surface area contributed by atoms with Crippen LogP contribution >= 0.6 is 0 Å². The van der Waals surface area contributed by atoms with Crippen molar-refractivity contribution in [3.8, 4) is 0 Å². The maximum Gasteiger partial charge on any atom is 0.416 e. The molecule has 3 saturated heterocycles. The van der Waals surface area contributed by atoms with Gasteiger partial charge in [0.05, 0.1) is 5.56 Å². The second-order valence-corrected chi connectivity index (χ2v) is 5.79. The maximum absolute atomic E-state index is 12.5. The number of benzene rings is 1. The summed E-state index contributed by atoms with van der Waals surface area (Å²) >= 11 is 0. The van der Waals surface area contributed by atoms with Gasteiger partial charge >= 0.3 is 6.18 Å². The molecule has 3 aliphatic rings. The highest BCUT2D eigenvalue weighted by molar-refractivity contribution is 5.94. The summed E-state index contributed by atoms with van der Waals surface area (Å²) in [5.74, 6) is 0.205. The molecule has 3 heterocycles. The van der Waals surface area contributed by atoms with Gasteiger partial charge in [-0.15, -0.1) is 0 Å². The second-order valence-electron chi connectivity index (χ2n) is 5.79. The number of amides is 1. The largest absolute Gasteiger partial charge is 0.416 e. The Labute approximate surface area is 121 Å². The van der Waals surface area contributed by atoms with Crippen LogP contribution < -0.4 is 5.32 Å². The first-order valence-electron chi connectivity index (χ1n) is 7.14. The molecule has 1 N–H and O–H groups in total. The smallest absolute Gasteiger partial charge is 0.348 e. The lowest BCUT2D eigenvalue weighted by Crippen LogP contribution is -2.57. The molecule has 3 nitrogen and oxygen atoms in total. The molecule has 6 heteroatoms. The average molecular weight is 298 g/mol. The molecule has 1 aromatic rings. The predicted octanol–water partition coefficient (Wildman–Crippen LogP) is 2.53. The molecule has 0 spiro atoms. The van der Waals surface area contributed by atoms with Crippen molar-refractivity contribution in [3.05, 3.63) is 35.4 Å². The minimum Gasteiger partial charge on any atom is -0.348 e. The summed E-state index contributed by atoms with van der Waals surface area (Å²) in [6.45, 7) is 3.01. The number of hydrogen-bond acceptors (Lipinski definition) is 2. The van der Waals surface area contributed by atoms with Crippen molar-refractivity contribution in [2.75, 3.05) is 19.6 Å². The summed E-state index contributed by atoms with van der Waals surface area (Å²) in [7, 11) is 0. The third kappa shape index (κ3) is 3.05. The van der Waals surface area contributed by atoms with E-state index in [9.17, 15) is 18.0 Å². The van der Waals surface area contributed by atoms with Crippen molar-refractivity contribution in [1.82, 2.24) is 10.2 Å². The van der Waals surface area contributed by atoms with Crippen LogP contribution in [0.25, 0.3) is 0 Å². The van der Waals surface area contributed by atoms with Crippen molar-refractivity contribution >= 4 is 5.91 Å². The molecule has 3 aliphatic heterocycles. The minimum absolute atomic E-state index is 0.113. The van der Waals surface area contributed by atoms with Gasteiger partial charge in [0.15, 0.2) is 0 Å². The number of carbonyl (C=O) groups is 1. The Morgan fingerprint density at radius 1 is 1.14 bits per heavy atom. The number of hydrogen-bond donors (Lipinski definition) is 1. The Kier molecular flexibility index (Phi) is 3.65. The summed E-state index contributed by atoms with van der Waals surface area (Å²) in [6, 6.07) is 4.48. The van der Waals surface area contributed by atoms with Gasteiger partial charge in [-0.3, -0.25) is 4.79 Å².